The molecule has 2 atom stereocenters. The van der Waals surface area contributed by atoms with E-state index >= 15 is 0 Å². The van der Waals surface area contributed by atoms with E-state index in [-0.39, 0.29) is 11.3 Å². The SMILES string of the molecule is CC(NC(=O)C1(C)CCNC1)C1CC1. The van der Waals surface area contributed by atoms with Crippen molar-refractivity contribution in [2.24, 2.45) is 11.3 Å². The Hall–Kier alpha value is -0.570. The number of carbonyl (C=O) groups is 1. The lowest BCUT2D eigenvalue weighted by molar-refractivity contribution is -0.130. The molecule has 2 aliphatic rings. The van der Waals surface area contributed by atoms with Gasteiger partial charge < -0.3 is 10.6 Å². The van der Waals surface area contributed by atoms with Gasteiger partial charge in [-0.3, -0.25) is 4.79 Å². The molecule has 3 heteroatoms. The smallest absolute Gasteiger partial charge is 0.227 e. The van der Waals surface area contributed by atoms with Gasteiger partial charge in [-0.25, -0.2) is 0 Å². The Morgan fingerprint density at radius 3 is 2.79 bits per heavy atom. The van der Waals surface area contributed by atoms with Crippen LogP contribution in [0, 0.1) is 11.3 Å². The Morgan fingerprint density at radius 1 is 1.57 bits per heavy atom. The monoisotopic (exact) mass is 196 g/mol. The molecule has 1 aliphatic carbocycles. The molecule has 3 nitrogen and oxygen atoms in total. The van der Waals surface area contributed by atoms with Crippen molar-refractivity contribution < 1.29 is 4.79 Å². The van der Waals surface area contributed by atoms with E-state index in [1.165, 1.54) is 12.8 Å². The molecule has 80 valence electrons. The summed E-state index contributed by atoms with van der Waals surface area (Å²) in [5, 5.41) is 6.40. The third-order valence-corrected chi connectivity index (χ3v) is 3.60. The van der Waals surface area contributed by atoms with E-state index in [1.807, 2.05) is 0 Å². The van der Waals surface area contributed by atoms with E-state index < -0.39 is 0 Å². The van der Waals surface area contributed by atoms with Gasteiger partial charge in [0.2, 0.25) is 5.91 Å². The van der Waals surface area contributed by atoms with Crippen molar-refractivity contribution in [1.29, 1.82) is 0 Å². The molecule has 1 amide bonds. The van der Waals surface area contributed by atoms with Gasteiger partial charge >= 0.3 is 0 Å². The molecule has 1 heterocycles. The highest BCUT2D eigenvalue weighted by Gasteiger charge is 2.38. The summed E-state index contributed by atoms with van der Waals surface area (Å²) < 4.78 is 0. The van der Waals surface area contributed by atoms with Crippen LogP contribution in [0.3, 0.4) is 0 Å². The van der Waals surface area contributed by atoms with Crippen LogP contribution >= 0.6 is 0 Å². The molecule has 2 N–H and O–H groups in total. The van der Waals surface area contributed by atoms with Gasteiger partial charge in [0.1, 0.15) is 0 Å². The fourth-order valence-corrected chi connectivity index (χ4v) is 2.11. The second-order valence-corrected chi connectivity index (χ2v) is 5.09. The lowest BCUT2D eigenvalue weighted by atomic mass is 9.88. The fraction of sp³-hybridized carbons (Fsp3) is 0.909. The van der Waals surface area contributed by atoms with Crippen molar-refractivity contribution in [3.05, 3.63) is 0 Å². The highest BCUT2D eigenvalue weighted by Crippen LogP contribution is 2.33. The molecule has 1 saturated carbocycles. The van der Waals surface area contributed by atoms with Crippen LogP contribution in [0.25, 0.3) is 0 Å². The molecule has 2 rings (SSSR count). The molecule has 1 aliphatic heterocycles. The van der Waals surface area contributed by atoms with Crippen LogP contribution in [0.4, 0.5) is 0 Å². The predicted molar refractivity (Wildman–Crippen MR) is 55.9 cm³/mol. The Morgan fingerprint density at radius 2 is 2.29 bits per heavy atom. The second kappa shape index (κ2) is 3.54. The lowest BCUT2D eigenvalue weighted by Gasteiger charge is -2.24. The van der Waals surface area contributed by atoms with Crippen molar-refractivity contribution in [3.63, 3.8) is 0 Å². The molecule has 0 radical (unpaired) electrons. The zero-order valence-corrected chi connectivity index (χ0v) is 9.10. The van der Waals surface area contributed by atoms with E-state index in [2.05, 4.69) is 24.5 Å². The Bertz CT molecular complexity index is 229. The molecular weight excluding hydrogens is 176 g/mol. The maximum Gasteiger partial charge on any atom is 0.227 e. The van der Waals surface area contributed by atoms with Crippen LogP contribution in [-0.4, -0.2) is 25.0 Å². The molecule has 0 spiro atoms. The van der Waals surface area contributed by atoms with Crippen LogP contribution in [0.15, 0.2) is 0 Å². The van der Waals surface area contributed by atoms with Crippen molar-refractivity contribution in [2.75, 3.05) is 13.1 Å². The van der Waals surface area contributed by atoms with E-state index in [4.69, 9.17) is 0 Å². The molecule has 2 unspecified atom stereocenters. The van der Waals surface area contributed by atoms with Crippen LogP contribution < -0.4 is 10.6 Å². The molecule has 2 fully saturated rings. The summed E-state index contributed by atoms with van der Waals surface area (Å²) in [5.74, 6) is 0.985. The maximum absolute atomic E-state index is 12.0. The first-order valence-corrected chi connectivity index (χ1v) is 5.63. The minimum Gasteiger partial charge on any atom is -0.353 e. The molecule has 0 aromatic heterocycles. The summed E-state index contributed by atoms with van der Waals surface area (Å²) in [6, 6.07) is 0.375. The largest absolute Gasteiger partial charge is 0.353 e. The van der Waals surface area contributed by atoms with Crippen molar-refractivity contribution >= 4 is 5.91 Å². The Kier molecular flexibility index (Phi) is 2.52. The van der Waals surface area contributed by atoms with Crippen LogP contribution in [0.1, 0.15) is 33.1 Å². The fourth-order valence-electron chi connectivity index (χ4n) is 2.11. The van der Waals surface area contributed by atoms with Gasteiger partial charge in [0.25, 0.3) is 0 Å². The van der Waals surface area contributed by atoms with Gasteiger partial charge in [-0.2, -0.15) is 0 Å². The highest BCUT2D eigenvalue weighted by molar-refractivity contribution is 5.83. The van der Waals surface area contributed by atoms with Gasteiger partial charge in [-0.1, -0.05) is 0 Å². The van der Waals surface area contributed by atoms with Gasteiger partial charge in [-0.05, 0) is 45.6 Å². The minimum atomic E-state index is -0.164. The molecule has 1 saturated heterocycles. The highest BCUT2D eigenvalue weighted by atomic mass is 16.2. The third-order valence-electron chi connectivity index (χ3n) is 3.60. The lowest BCUT2D eigenvalue weighted by Crippen LogP contribution is -2.45. The first-order chi connectivity index (χ1) is 6.62. The summed E-state index contributed by atoms with van der Waals surface area (Å²) >= 11 is 0. The average Bonchev–Trinajstić information content (AvgIpc) is 2.90. The van der Waals surface area contributed by atoms with Gasteiger partial charge in [0, 0.05) is 12.6 Å². The predicted octanol–water partition coefficient (Wildman–Crippen LogP) is 0.901. The maximum atomic E-state index is 12.0. The van der Waals surface area contributed by atoms with E-state index in [0.29, 0.717) is 6.04 Å². The molecule has 14 heavy (non-hydrogen) atoms. The second-order valence-electron chi connectivity index (χ2n) is 5.09. The number of amides is 1. The van der Waals surface area contributed by atoms with E-state index in [0.717, 1.165) is 25.4 Å². The first-order valence-electron chi connectivity index (χ1n) is 5.63. The van der Waals surface area contributed by atoms with Crippen LogP contribution in [0.2, 0.25) is 0 Å². The third kappa shape index (κ3) is 1.92. The summed E-state index contributed by atoms with van der Waals surface area (Å²) in [6.07, 6.45) is 3.54. The molecular formula is C11H20N2O. The standard InChI is InChI=1S/C11H20N2O/c1-8(9-3-4-9)13-10(14)11(2)5-6-12-7-11/h8-9,12H,3-7H2,1-2H3,(H,13,14). The van der Waals surface area contributed by atoms with Crippen LogP contribution in [-0.2, 0) is 4.79 Å². The zero-order valence-electron chi connectivity index (χ0n) is 9.10. The number of hydrogen-bond donors (Lipinski definition) is 2. The minimum absolute atomic E-state index is 0.164. The van der Waals surface area contributed by atoms with Gasteiger partial charge in [0.05, 0.1) is 5.41 Å². The number of hydrogen-bond acceptors (Lipinski definition) is 2. The van der Waals surface area contributed by atoms with Crippen molar-refractivity contribution in [3.8, 4) is 0 Å². The Labute approximate surface area is 85.6 Å². The summed E-state index contributed by atoms with van der Waals surface area (Å²) in [6.45, 7) is 5.99. The number of rotatable bonds is 3. The van der Waals surface area contributed by atoms with Gasteiger partial charge in [-0.15, -0.1) is 0 Å². The molecule has 0 bridgehead atoms. The Balaban J connectivity index is 1.87. The topological polar surface area (TPSA) is 41.1 Å². The summed E-state index contributed by atoms with van der Waals surface area (Å²) in [4.78, 5) is 12.0. The van der Waals surface area contributed by atoms with Crippen molar-refractivity contribution in [2.45, 2.75) is 39.2 Å². The van der Waals surface area contributed by atoms with Gasteiger partial charge in [0.15, 0.2) is 0 Å². The van der Waals surface area contributed by atoms with E-state index in [1.54, 1.807) is 0 Å². The zero-order chi connectivity index (χ0) is 10.2. The summed E-state index contributed by atoms with van der Waals surface area (Å²) in [5.41, 5.74) is -0.164. The normalized spacial score (nSPS) is 34.1. The number of nitrogens with one attached hydrogen (secondary N) is 2. The molecule has 0 aromatic carbocycles. The molecule has 0 aromatic rings. The van der Waals surface area contributed by atoms with E-state index in [9.17, 15) is 4.79 Å². The number of carbonyl (C=O) groups excluding carboxylic acids is 1. The first kappa shape index (κ1) is 9.97. The quantitative estimate of drug-likeness (QED) is 0.704. The van der Waals surface area contributed by atoms with Crippen LogP contribution in [0.5, 0.6) is 0 Å². The summed E-state index contributed by atoms with van der Waals surface area (Å²) in [7, 11) is 0. The van der Waals surface area contributed by atoms with Crippen molar-refractivity contribution in [1.82, 2.24) is 10.6 Å². The average molecular weight is 196 g/mol.